The minimum Gasteiger partial charge on any atom is -0.340 e. The van der Waals surface area contributed by atoms with Gasteiger partial charge in [-0.1, -0.05) is 48.5 Å². The summed E-state index contributed by atoms with van der Waals surface area (Å²) in [6, 6.07) is 24.3. The first-order chi connectivity index (χ1) is 16.0. The van der Waals surface area contributed by atoms with Crippen molar-refractivity contribution in [1.29, 1.82) is 0 Å². The second kappa shape index (κ2) is 10.1. The van der Waals surface area contributed by atoms with E-state index in [1.54, 1.807) is 54.0 Å². The molecule has 0 bridgehead atoms. The second-order valence-electron chi connectivity index (χ2n) is 7.38. The lowest BCUT2D eigenvalue weighted by Gasteiger charge is -2.19. The van der Waals surface area contributed by atoms with Gasteiger partial charge in [-0.05, 0) is 47.3 Å². The quantitative estimate of drug-likeness (QED) is 0.247. The lowest BCUT2D eigenvalue weighted by molar-refractivity contribution is -0.118. The Labute approximate surface area is 194 Å². The summed E-state index contributed by atoms with van der Waals surface area (Å²) in [5, 5.41) is 15.3. The lowest BCUT2D eigenvalue weighted by atomic mass is 10.0. The van der Waals surface area contributed by atoms with E-state index in [1.165, 1.54) is 11.3 Å². The molecule has 0 fully saturated rings. The van der Waals surface area contributed by atoms with Crippen molar-refractivity contribution >= 4 is 44.8 Å². The Morgan fingerprint density at radius 1 is 0.848 bits per heavy atom. The molecule has 33 heavy (non-hydrogen) atoms. The standard InChI is InChI=1S/C25H21N3O4S/c29-23(17-9-5-2-6-10-17)27-20(13-16-7-3-1-4-8-16)24(30)26-19-11-12-21-18(14-19)15-22(33-21)25(31)28-32/h1-12,14-15,20,32H,13H2,(H,26,30)(H,27,29)(H,28,31). The third-order valence-corrected chi connectivity index (χ3v) is 6.16. The first-order valence-electron chi connectivity index (χ1n) is 10.2. The minimum absolute atomic E-state index is 0.326. The second-order valence-corrected chi connectivity index (χ2v) is 8.46. The summed E-state index contributed by atoms with van der Waals surface area (Å²) >= 11 is 1.23. The van der Waals surface area contributed by atoms with Gasteiger partial charge >= 0.3 is 0 Å². The Kier molecular flexibility index (Phi) is 6.77. The van der Waals surface area contributed by atoms with Gasteiger partial charge in [0.15, 0.2) is 0 Å². The molecule has 0 saturated carbocycles. The molecule has 3 aromatic carbocycles. The average Bonchev–Trinajstić information content (AvgIpc) is 3.28. The molecular weight excluding hydrogens is 438 g/mol. The highest BCUT2D eigenvalue weighted by atomic mass is 32.1. The summed E-state index contributed by atoms with van der Waals surface area (Å²) in [4.78, 5) is 37.9. The van der Waals surface area contributed by atoms with E-state index in [9.17, 15) is 14.4 Å². The summed E-state index contributed by atoms with van der Waals surface area (Å²) in [5.74, 6) is -1.28. The zero-order valence-electron chi connectivity index (χ0n) is 17.4. The van der Waals surface area contributed by atoms with Crippen LogP contribution in [0.3, 0.4) is 0 Å². The summed E-state index contributed by atoms with van der Waals surface area (Å²) in [7, 11) is 0. The number of thiophene rings is 1. The van der Waals surface area contributed by atoms with Gasteiger partial charge in [0.2, 0.25) is 5.91 Å². The molecular formula is C25H21N3O4S. The van der Waals surface area contributed by atoms with Gasteiger partial charge in [0, 0.05) is 22.4 Å². The number of fused-ring (bicyclic) bond motifs is 1. The van der Waals surface area contributed by atoms with Crippen molar-refractivity contribution in [3.05, 3.63) is 101 Å². The van der Waals surface area contributed by atoms with Crippen LogP contribution in [0, 0.1) is 0 Å². The van der Waals surface area contributed by atoms with Gasteiger partial charge in [-0.25, -0.2) is 5.48 Å². The van der Waals surface area contributed by atoms with Crippen molar-refractivity contribution in [2.45, 2.75) is 12.5 Å². The van der Waals surface area contributed by atoms with Gasteiger partial charge in [-0.2, -0.15) is 0 Å². The molecule has 0 spiro atoms. The fraction of sp³-hybridized carbons (Fsp3) is 0.0800. The van der Waals surface area contributed by atoms with Crippen LogP contribution in [-0.4, -0.2) is 29.0 Å². The van der Waals surface area contributed by atoms with Crippen molar-refractivity contribution < 1.29 is 19.6 Å². The third-order valence-electron chi connectivity index (χ3n) is 5.05. The van der Waals surface area contributed by atoms with Crippen LogP contribution in [0.2, 0.25) is 0 Å². The SMILES string of the molecule is O=C(NC(Cc1ccccc1)C(=O)Nc1ccc2sc(C(=O)NO)cc2c1)c1ccccc1. The first kappa shape index (κ1) is 22.2. The normalized spacial score (nSPS) is 11.5. The van der Waals surface area contributed by atoms with Crippen molar-refractivity contribution in [2.24, 2.45) is 0 Å². The molecule has 0 saturated heterocycles. The number of benzene rings is 3. The van der Waals surface area contributed by atoms with Gasteiger partial charge in [-0.3, -0.25) is 19.6 Å². The molecule has 1 aromatic heterocycles. The van der Waals surface area contributed by atoms with Gasteiger partial charge in [0.05, 0.1) is 4.88 Å². The zero-order valence-corrected chi connectivity index (χ0v) is 18.3. The molecule has 0 aliphatic rings. The van der Waals surface area contributed by atoms with E-state index >= 15 is 0 Å². The molecule has 0 aliphatic carbocycles. The minimum atomic E-state index is -0.797. The van der Waals surface area contributed by atoms with Gasteiger partial charge in [0.1, 0.15) is 6.04 Å². The Morgan fingerprint density at radius 2 is 1.55 bits per heavy atom. The maximum atomic E-state index is 13.2. The van der Waals surface area contributed by atoms with Crippen LogP contribution in [0.5, 0.6) is 0 Å². The van der Waals surface area contributed by atoms with Crippen LogP contribution in [0.1, 0.15) is 25.6 Å². The predicted molar refractivity (Wildman–Crippen MR) is 128 cm³/mol. The number of nitrogens with one attached hydrogen (secondary N) is 3. The van der Waals surface area contributed by atoms with Crippen LogP contribution in [0.15, 0.2) is 84.9 Å². The van der Waals surface area contributed by atoms with Gasteiger partial charge < -0.3 is 10.6 Å². The van der Waals surface area contributed by atoms with Crippen molar-refractivity contribution in [1.82, 2.24) is 10.8 Å². The monoisotopic (exact) mass is 459 g/mol. The summed E-state index contributed by atoms with van der Waals surface area (Å²) < 4.78 is 0.838. The van der Waals surface area contributed by atoms with Crippen LogP contribution in [0.4, 0.5) is 5.69 Å². The Hall–Kier alpha value is -4.01. The summed E-state index contributed by atoms with van der Waals surface area (Å²) in [6.45, 7) is 0. The number of hydrogen-bond acceptors (Lipinski definition) is 5. The maximum absolute atomic E-state index is 13.2. The van der Waals surface area contributed by atoms with Crippen LogP contribution < -0.4 is 16.1 Å². The third kappa shape index (κ3) is 5.43. The Balaban J connectivity index is 1.55. The topological polar surface area (TPSA) is 108 Å². The fourth-order valence-electron chi connectivity index (χ4n) is 3.41. The smallest absolute Gasteiger partial charge is 0.284 e. The van der Waals surface area contributed by atoms with E-state index in [0.717, 1.165) is 15.6 Å². The highest BCUT2D eigenvalue weighted by Gasteiger charge is 2.22. The molecule has 1 unspecified atom stereocenters. The number of hydroxylamine groups is 1. The molecule has 166 valence electrons. The number of carbonyl (C=O) groups is 3. The van der Waals surface area contributed by atoms with E-state index in [1.807, 2.05) is 36.4 Å². The zero-order chi connectivity index (χ0) is 23.2. The van der Waals surface area contributed by atoms with Crippen molar-refractivity contribution in [2.75, 3.05) is 5.32 Å². The van der Waals surface area contributed by atoms with E-state index in [2.05, 4.69) is 10.6 Å². The summed E-state index contributed by atoms with van der Waals surface area (Å²) in [5.41, 5.74) is 3.54. The molecule has 1 heterocycles. The molecule has 3 amide bonds. The van der Waals surface area contributed by atoms with Crippen LogP contribution in [0.25, 0.3) is 10.1 Å². The largest absolute Gasteiger partial charge is 0.340 e. The first-order valence-corrected chi connectivity index (χ1v) is 11.0. The Bertz CT molecular complexity index is 1290. The lowest BCUT2D eigenvalue weighted by Crippen LogP contribution is -2.45. The average molecular weight is 460 g/mol. The number of carbonyl (C=O) groups excluding carboxylic acids is 3. The van der Waals surface area contributed by atoms with Gasteiger partial charge in [0.25, 0.3) is 11.8 Å². The number of hydrogen-bond donors (Lipinski definition) is 4. The van der Waals surface area contributed by atoms with E-state index in [4.69, 9.17) is 5.21 Å². The maximum Gasteiger partial charge on any atom is 0.284 e. The number of amides is 3. The number of anilines is 1. The van der Waals surface area contributed by atoms with Crippen LogP contribution >= 0.6 is 11.3 Å². The van der Waals surface area contributed by atoms with E-state index in [-0.39, 0.29) is 11.8 Å². The molecule has 7 nitrogen and oxygen atoms in total. The van der Waals surface area contributed by atoms with E-state index < -0.39 is 11.9 Å². The number of rotatable bonds is 7. The highest BCUT2D eigenvalue weighted by molar-refractivity contribution is 7.20. The van der Waals surface area contributed by atoms with Crippen molar-refractivity contribution in [3.8, 4) is 0 Å². The predicted octanol–water partition coefficient (Wildman–Crippen LogP) is 4.00. The van der Waals surface area contributed by atoms with E-state index in [0.29, 0.717) is 22.5 Å². The fourth-order valence-corrected chi connectivity index (χ4v) is 4.34. The van der Waals surface area contributed by atoms with Crippen molar-refractivity contribution in [3.63, 3.8) is 0 Å². The molecule has 4 aromatic rings. The molecule has 4 N–H and O–H groups in total. The molecule has 8 heteroatoms. The van der Waals surface area contributed by atoms with Crippen LogP contribution in [-0.2, 0) is 11.2 Å². The molecule has 4 rings (SSSR count). The molecule has 0 aliphatic heterocycles. The molecule has 0 radical (unpaired) electrons. The summed E-state index contributed by atoms with van der Waals surface area (Å²) in [6.07, 6.45) is 0.326. The van der Waals surface area contributed by atoms with Gasteiger partial charge in [-0.15, -0.1) is 11.3 Å². The molecule has 1 atom stereocenters. The highest BCUT2D eigenvalue weighted by Crippen LogP contribution is 2.28. The Morgan fingerprint density at radius 3 is 2.24 bits per heavy atom.